The molecule has 1 aromatic heterocycles. The van der Waals surface area contributed by atoms with E-state index in [1.54, 1.807) is 0 Å². The lowest BCUT2D eigenvalue weighted by Gasteiger charge is -2.22. The molecule has 0 spiro atoms. The largest absolute Gasteiger partial charge is 0.338 e. The average Bonchev–Trinajstić information content (AvgIpc) is 3.11. The first kappa shape index (κ1) is 18.3. The Kier molecular flexibility index (Phi) is 6.54. The minimum atomic E-state index is -0.202. The molecule has 0 bridgehead atoms. The monoisotopic (exact) mass is 373 g/mol. The zero-order chi connectivity index (χ0) is 18.2. The Bertz CT molecular complexity index is 728. The van der Waals surface area contributed by atoms with Crippen molar-refractivity contribution in [1.29, 1.82) is 0 Å². The van der Waals surface area contributed by atoms with Crippen molar-refractivity contribution in [2.45, 2.75) is 44.6 Å². The Morgan fingerprint density at radius 1 is 1.08 bits per heavy atom. The summed E-state index contributed by atoms with van der Waals surface area (Å²) in [5.74, 6) is -0.196. The molecule has 1 fully saturated rings. The summed E-state index contributed by atoms with van der Waals surface area (Å²) in [6.07, 6.45) is 5.85. The van der Waals surface area contributed by atoms with Crippen LogP contribution in [0.15, 0.2) is 30.3 Å². The van der Waals surface area contributed by atoms with Crippen LogP contribution in [-0.4, -0.2) is 34.7 Å². The Morgan fingerprint density at radius 2 is 1.85 bits per heavy atom. The van der Waals surface area contributed by atoms with Crippen molar-refractivity contribution in [3.63, 3.8) is 0 Å². The molecule has 26 heavy (non-hydrogen) atoms. The number of hydrogen-bond acceptors (Lipinski definition) is 5. The minimum absolute atomic E-state index is 0.193. The van der Waals surface area contributed by atoms with E-state index in [9.17, 15) is 9.59 Å². The second-order valence-corrected chi connectivity index (χ2v) is 7.29. The van der Waals surface area contributed by atoms with Crippen LogP contribution in [0.4, 0.5) is 9.93 Å². The molecule has 8 heteroatoms. The van der Waals surface area contributed by atoms with Crippen LogP contribution in [0.1, 0.15) is 38.5 Å². The maximum absolute atomic E-state index is 12.0. The number of carbonyl (C=O) groups excluding carboxylic acids is 2. The maximum Gasteiger partial charge on any atom is 0.315 e. The van der Waals surface area contributed by atoms with Crippen molar-refractivity contribution in [3.8, 4) is 10.6 Å². The van der Waals surface area contributed by atoms with E-state index in [4.69, 9.17) is 0 Å². The highest BCUT2D eigenvalue weighted by Gasteiger charge is 2.15. The summed E-state index contributed by atoms with van der Waals surface area (Å²) in [6, 6.07) is 9.74. The van der Waals surface area contributed by atoms with Crippen LogP contribution in [-0.2, 0) is 4.79 Å². The summed E-state index contributed by atoms with van der Waals surface area (Å²) >= 11 is 1.32. The van der Waals surface area contributed by atoms with Gasteiger partial charge in [-0.3, -0.25) is 4.79 Å². The fourth-order valence-electron chi connectivity index (χ4n) is 2.93. The number of nitrogens with one attached hydrogen (secondary N) is 3. The minimum Gasteiger partial charge on any atom is -0.338 e. The molecule has 7 nitrogen and oxygen atoms in total. The Hall–Kier alpha value is -2.48. The number of rotatable bonds is 6. The molecule has 2 aromatic rings. The van der Waals surface area contributed by atoms with E-state index in [0.29, 0.717) is 5.13 Å². The molecule has 0 radical (unpaired) electrons. The van der Waals surface area contributed by atoms with Gasteiger partial charge in [-0.15, -0.1) is 10.2 Å². The van der Waals surface area contributed by atoms with E-state index in [1.807, 2.05) is 30.3 Å². The third-order valence-corrected chi connectivity index (χ3v) is 5.16. The predicted molar refractivity (Wildman–Crippen MR) is 102 cm³/mol. The van der Waals surface area contributed by atoms with Crippen molar-refractivity contribution in [2.24, 2.45) is 0 Å². The van der Waals surface area contributed by atoms with Gasteiger partial charge in [-0.1, -0.05) is 60.9 Å². The molecular weight excluding hydrogens is 350 g/mol. The van der Waals surface area contributed by atoms with Gasteiger partial charge in [0.2, 0.25) is 11.0 Å². The number of anilines is 1. The lowest BCUT2D eigenvalue weighted by Crippen LogP contribution is -2.43. The third-order valence-electron chi connectivity index (χ3n) is 4.27. The molecule has 0 saturated heterocycles. The molecule has 1 aromatic carbocycles. The van der Waals surface area contributed by atoms with Gasteiger partial charge in [-0.2, -0.15) is 0 Å². The van der Waals surface area contributed by atoms with Gasteiger partial charge >= 0.3 is 6.03 Å². The molecule has 0 unspecified atom stereocenters. The van der Waals surface area contributed by atoms with Crippen LogP contribution >= 0.6 is 11.3 Å². The van der Waals surface area contributed by atoms with Gasteiger partial charge in [0.25, 0.3) is 0 Å². The van der Waals surface area contributed by atoms with E-state index in [-0.39, 0.29) is 30.9 Å². The molecule has 1 saturated carbocycles. The van der Waals surface area contributed by atoms with Gasteiger partial charge in [-0.25, -0.2) is 4.79 Å². The Morgan fingerprint density at radius 3 is 2.62 bits per heavy atom. The summed E-state index contributed by atoms with van der Waals surface area (Å²) in [4.78, 5) is 23.8. The topological polar surface area (TPSA) is 96.0 Å². The SMILES string of the molecule is O=C(CCNC(=O)NC1CCCCC1)Nc1nnc(-c2ccccc2)s1. The highest BCUT2D eigenvalue weighted by atomic mass is 32.1. The van der Waals surface area contributed by atoms with Crippen molar-refractivity contribution in [2.75, 3.05) is 11.9 Å². The number of aromatic nitrogens is 2. The second kappa shape index (κ2) is 9.28. The summed E-state index contributed by atoms with van der Waals surface area (Å²) in [7, 11) is 0. The first-order chi connectivity index (χ1) is 12.7. The second-order valence-electron chi connectivity index (χ2n) is 6.31. The summed E-state index contributed by atoms with van der Waals surface area (Å²) in [5, 5.41) is 17.7. The van der Waals surface area contributed by atoms with Crippen LogP contribution in [0.5, 0.6) is 0 Å². The number of amides is 3. The van der Waals surface area contributed by atoms with E-state index in [1.165, 1.54) is 30.6 Å². The van der Waals surface area contributed by atoms with Gasteiger partial charge in [0.1, 0.15) is 5.01 Å². The van der Waals surface area contributed by atoms with Gasteiger partial charge in [0.05, 0.1) is 0 Å². The van der Waals surface area contributed by atoms with Gasteiger partial charge in [-0.05, 0) is 12.8 Å². The zero-order valence-corrected chi connectivity index (χ0v) is 15.3. The van der Waals surface area contributed by atoms with Crippen LogP contribution in [0, 0.1) is 0 Å². The normalized spacial score (nSPS) is 14.6. The van der Waals surface area contributed by atoms with Gasteiger partial charge in [0.15, 0.2) is 0 Å². The fourth-order valence-corrected chi connectivity index (χ4v) is 3.69. The van der Waals surface area contributed by atoms with Crippen molar-refractivity contribution >= 4 is 28.4 Å². The van der Waals surface area contributed by atoms with E-state index < -0.39 is 0 Å². The van der Waals surface area contributed by atoms with Gasteiger partial charge in [0, 0.05) is 24.6 Å². The Labute approximate surface area is 156 Å². The number of nitrogens with zero attached hydrogens (tertiary/aromatic N) is 2. The van der Waals surface area contributed by atoms with Crippen molar-refractivity contribution < 1.29 is 9.59 Å². The van der Waals surface area contributed by atoms with E-state index in [0.717, 1.165) is 23.4 Å². The predicted octanol–water partition coefficient (Wildman–Crippen LogP) is 3.17. The molecule has 3 N–H and O–H groups in total. The lowest BCUT2D eigenvalue weighted by molar-refractivity contribution is -0.116. The van der Waals surface area contributed by atoms with E-state index >= 15 is 0 Å². The first-order valence-electron chi connectivity index (χ1n) is 8.94. The molecule has 3 amide bonds. The Balaban J connectivity index is 1.38. The third kappa shape index (κ3) is 5.52. The molecule has 1 aliphatic rings. The summed E-state index contributed by atoms with van der Waals surface area (Å²) in [5.41, 5.74) is 0.964. The molecule has 0 atom stereocenters. The fraction of sp³-hybridized carbons (Fsp3) is 0.444. The van der Waals surface area contributed by atoms with Crippen molar-refractivity contribution in [1.82, 2.24) is 20.8 Å². The highest BCUT2D eigenvalue weighted by Crippen LogP contribution is 2.25. The molecule has 0 aliphatic heterocycles. The standard InChI is InChI=1S/C18H23N5O2S/c24-15(11-12-19-17(25)20-14-9-5-2-6-10-14)21-18-23-22-16(26-18)13-7-3-1-4-8-13/h1,3-4,7-8,14H,2,5-6,9-12H2,(H2,19,20,25)(H,21,23,24). The summed E-state index contributed by atoms with van der Waals surface area (Å²) in [6.45, 7) is 0.286. The average molecular weight is 373 g/mol. The molecule has 1 heterocycles. The molecule has 1 aliphatic carbocycles. The van der Waals surface area contributed by atoms with Crippen LogP contribution in [0.2, 0.25) is 0 Å². The molecule has 3 rings (SSSR count). The number of carbonyl (C=O) groups is 2. The van der Waals surface area contributed by atoms with Crippen LogP contribution in [0.25, 0.3) is 10.6 Å². The molecular formula is C18H23N5O2S. The number of hydrogen-bond donors (Lipinski definition) is 3. The summed E-state index contributed by atoms with van der Waals surface area (Å²) < 4.78 is 0. The first-order valence-corrected chi connectivity index (χ1v) is 9.75. The smallest absolute Gasteiger partial charge is 0.315 e. The van der Waals surface area contributed by atoms with E-state index in [2.05, 4.69) is 26.1 Å². The quantitative estimate of drug-likeness (QED) is 0.725. The zero-order valence-electron chi connectivity index (χ0n) is 14.5. The number of benzene rings is 1. The molecule has 138 valence electrons. The van der Waals surface area contributed by atoms with Gasteiger partial charge < -0.3 is 16.0 Å². The highest BCUT2D eigenvalue weighted by molar-refractivity contribution is 7.18. The number of urea groups is 1. The van der Waals surface area contributed by atoms with Crippen LogP contribution < -0.4 is 16.0 Å². The van der Waals surface area contributed by atoms with Crippen molar-refractivity contribution in [3.05, 3.63) is 30.3 Å². The van der Waals surface area contributed by atoms with Crippen LogP contribution in [0.3, 0.4) is 0 Å². The lowest BCUT2D eigenvalue weighted by atomic mass is 9.96. The maximum atomic E-state index is 12.0.